The molecule has 166 valence electrons. The maximum atomic E-state index is 15.6. The fraction of sp³-hybridized carbons (Fsp3) is 0.724. The van der Waals surface area contributed by atoms with E-state index in [4.69, 9.17) is 0 Å². The SMILES string of the molecule is C/C=C/CCC1CCC2CC(c3ccc4c(c3F)CCC(CCCC)C4)CCC2C1. The third-order valence-electron chi connectivity index (χ3n) is 8.79. The van der Waals surface area contributed by atoms with E-state index in [-0.39, 0.29) is 5.82 Å². The molecule has 0 bridgehead atoms. The molecule has 5 atom stereocenters. The minimum Gasteiger partial charge on any atom is -0.206 e. The molecule has 1 aromatic carbocycles. The van der Waals surface area contributed by atoms with Gasteiger partial charge in [0.25, 0.3) is 0 Å². The van der Waals surface area contributed by atoms with E-state index in [1.807, 2.05) is 0 Å². The van der Waals surface area contributed by atoms with Crippen LogP contribution in [0, 0.1) is 29.5 Å². The molecule has 0 aliphatic heterocycles. The molecule has 0 spiro atoms. The van der Waals surface area contributed by atoms with Gasteiger partial charge in [0.15, 0.2) is 0 Å². The van der Waals surface area contributed by atoms with Crippen molar-refractivity contribution in [2.75, 3.05) is 0 Å². The highest BCUT2D eigenvalue weighted by Crippen LogP contribution is 2.49. The Labute approximate surface area is 184 Å². The minimum absolute atomic E-state index is 0.185. The lowest BCUT2D eigenvalue weighted by atomic mass is 9.63. The first-order chi connectivity index (χ1) is 14.7. The van der Waals surface area contributed by atoms with Crippen molar-refractivity contribution in [2.45, 2.75) is 110 Å². The van der Waals surface area contributed by atoms with Crippen molar-refractivity contribution >= 4 is 0 Å². The molecule has 0 amide bonds. The first-order valence-corrected chi connectivity index (χ1v) is 13.1. The normalized spacial score (nSPS) is 31.5. The molecular weight excluding hydrogens is 367 g/mol. The summed E-state index contributed by atoms with van der Waals surface area (Å²) in [6.07, 6.45) is 22.3. The summed E-state index contributed by atoms with van der Waals surface area (Å²) in [4.78, 5) is 0. The Morgan fingerprint density at radius 2 is 1.80 bits per heavy atom. The van der Waals surface area contributed by atoms with Crippen LogP contribution in [0.25, 0.3) is 0 Å². The molecule has 3 aliphatic rings. The molecule has 0 nitrogen and oxygen atoms in total. The molecule has 0 heterocycles. The molecule has 1 heteroatoms. The van der Waals surface area contributed by atoms with Crippen LogP contribution in [-0.4, -0.2) is 0 Å². The van der Waals surface area contributed by atoms with Gasteiger partial charge in [0.1, 0.15) is 5.82 Å². The second-order valence-corrected chi connectivity index (χ2v) is 10.7. The van der Waals surface area contributed by atoms with Gasteiger partial charge in [-0.2, -0.15) is 0 Å². The van der Waals surface area contributed by atoms with Crippen molar-refractivity contribution in [3.8, 4) is 0 Å². The maximum Gasteiger partial charge on any atom is 0.130 e. The lowest BCUT2D eigenvalue weighted by Gasteiger charge is -2.42. The largest absolute Gasteiger partial charge is 0.206 e. The fourth-order valence-corrected chi connectivity index (χ4v) is 6.99. The fourth-order valence-electron chi connectivity index (χ4n) is 6.99. The zero-order valence-electron chi connectivity index (χ0n) is 19.5. The predicted octanol–water partition coefficient (Wildman–Crippen LogP) is 8.78. The summed E-state index contributed by atoms with van der Waals surface area (Å²) >= 11 is 0. The van der Waals surface area contributed by atoms with Crippen molar-refractivity contribution in [2.24, 2.45) is 23.7 Å². The lowest BCUT2D eigenvalue weighted by molar-refractivity contribution is 0.114. The van der Waals surface area contributed by atoms with Crippen LogP contribution in [0.3, 0.4) is 0 Å². The van der Waals surface area contributed by atoms with E-state index < -0.39 is 0 Å². The highest BCUT2D eigenvalue weighted by molar-refractivity contribution is 5.38. The maximum absolute atomic E-state index is 15.6. The van der Waals surface area contributed by atoms with Crippen LogP contribution < -0.4 is 0 Å². The number of halogens is 1. The molecule has 0 aromatic heterocycles. The monoisotopic (exact) mass is 410 g/mol. The van der Waals surface area contributed by atoms with Crippen LogP contribution in [-0.2, 0) is 12.8 Å². The van der Waals surface area contributed by atoms with Gasteiger partial charge in [0.2, 0.25) is 0 Å². The van der Waals surface area contributed by atoms with Gasteiger partial charge in [0, 0.05) is 0 Å². The molecule has 1 aromatic rings. The van der Waals surface area contributed by atoms with Crippen molar-refractivity contribution in [3.63, 3.8) is 0 Å². The predicted molar refractivity (Wildman–Crippen MR) is 126 cm³/mol. The number of hydrogen-bond acceptors (Lipinski definition) is 0. The van der Waals surface area contributed by atoms with Gasteiger partial charge in [-0.1, -0.05) is 56.9 Å². The summed E-state index contributed by atoms with van der Waals surface area (Å²) < 4.78 is 15.6. The van der Waals surface area contributed by atoms with Crippen LogP contribution in [0.15, 0.2) is 24.3 Å². The van der Waals surface area contributed by atoms with Crippen LogP contribution in [0.1, 0.15) is 114 Å². The van der Waals surface area contributed by atoms with Gasteiger partial charge in [0.05, 0.1) is 0 Å². The summed E-state index contributed by atoms with van der Waals surface area (Å²) in [6, 6.07) is 4.49. The highest BCUT2D eigenvalue weighted by atomic mass is 19.1. The first kappa shape index (κ1) is 22.1. The Morgan fingerprint density at radius 3 is 2.63 bits per heavy atom. The molecule has 2 saturated carbocycles. The second kappa shape index (κ2) is 10.5. The van der Waals surface area contributed by atoms with Crippen molar-refractivity contribution < 1.29 is 4.39 Å². The molecule has 2 fully saturated rings. The van der Waals surface area contributed by atoms with E-state index in [2.05, 4.69) is 38.1 Å². The van der Waals surface area contributed by atoms with Crippen molar-refractivity contribution in [3.05, 3.63) is 46.8 Å². The van der Waals surface area contributed by atoms with Crippen LogP contribution in [0.4, 0.5) is 4.39 Å². The standard InChI is InChI=1S/C29H43F/c1-3-5-7-9-22-10-12-24-20-26(14-13-23(24)18-22)28-17-15-25-19-21(8-6-4-2)11-16-27(25)29(28)30/h3,5,15,17,21-24,26H,4,6-14,16,18-20H2,1-2H3/b5-3+. The van der Waals surface area contributed by atoms with E-state index in [0.29, 0.717) is 5.92 Å². The van der Waals surface area contributed by atoms with E-state index >= 15 is 4.39 Å². The average molecular weight is 411 g/mol. The summed E-state index contributed by atoms with van der Waals surface area (Å²) in [5, 5.41) is 0. The highest BCUT2D eigenvalue weighted by Gasteiger charge is 2.37. The van der Waals surface area contributed by atoms with Gasteiger partial charge >= 0.3 is 0 Å². The van der Waals surface area contributed by atoms with E-state index in [0.717, 1.165) is 47.6 Å². The van der Waals surface area contributed by atoms with Crippen molar-refractivity contribution in [1.82, 2.24) is 0 Å². The zero-order valence-corrected chi connectivity index (χ0v) is 19.5. The molecule has 0 saturated heterocycles. The second-order valence-electron chi connectivity index (χ2n) is 10.7. The Bertz CT molecular complexity index is 717. The van der Waals surface area contributed by atoms with Gasteiger partial charge < -0.3 is 0 Å². The van der Waals surface area contributed by atoms with Crippen LogP contribution >= 0.6 is 0 Å². The molecule has 30 heavy (non-hydrogen) atoms. The van der Waals surface area contributed by atoms with E-state index in [1.165, 1.54) is 82.6 Å². The number of fused-ring (bicyclic) bond motifs is 2. The Balaban J connectivity index is 1.37. The van der Waals surface area contributed by atoms with Gasteiger partial charge in [-0.3, -0.25) is 0 Å². The molecule has 3 aliphatic carbocycles. The average Bonchev–Trinajstić information content (AvgIpc) is 2.78. The zero-order chi connectivity index (χ0) is 20.9. The van der Waals surface area contributed by atoms with E-state index in [1.54, 1.807) is 0 Å². The third kappa shape index (κ3) is 5.03. The van der Waals surface area contributed by atoms with Gasteiger partial charge in [-0.05, 0) is 117 Å². The Morgan fingerprint density at radius 1 is 0.967 bits per heavy atom. The lowest BCUT2D eigenvalue weighted by Crippen LogP contribution is -2.31. The number of rotatable bonds is 7. The van der Waals surface area contributed by atoms with Gasteiger partial charge in [-0.25, -0.2) is 4.39 Å². The minimum atomic E-state index is 0.185. The van der Waals surface area contributed by atoms with Gasteiger partial charge in [-0.15, -0.1) is 0 Å². The summed E-state index contributed by atoms with van der Waals surface area (Å²) in [6.45, 7) is 4.40. The summed E-state index contributed by atoms with van der Waals surface area (Å²) in [5.74, 6) is 4.11. The summed E-state index contributed by atoms with van der Waals surface area (Å²) in [7, 11) is 0. The Hall–Kier alpha value is -1.11. The topological polar surface area (TPSA) is 0 Å². The van der Waals surface area contributed by atoms with E-state index in [9.17, 15) is 0 Å². The van der Waals surface area contributed by atoms with Crippen LogP contribution in [0.5, 0.6) is 0 Å². The Kier molecular flexibility index (Phi) is 7.71. The third-order valence-corrected chi connectivity index (χ3v) is 8.79. The molecule has 0 radical (unpaired) electrons. The number of allylic oxidation sites excluding steroid dienone is 2. The number of unbranched alkanes of at least 4 members (excludes halogenated alkanes) is 1. The summed E-state index contributed by atoms with van der Waals surface area (Å²) in [5.41, 5.74) is 3.46. The molecule has 5 unspecified atom stereocenters. The number of benzene rings is 1. The smallest absolute Gasteiger partial charge is 0.130 e. The molecule has 0 N–H and O–H groups in total. The van der Waals surface area contributed by atoms with Crippen LogP contribution in [0.2, 0.25) is 0 Å². The van der Waals surface area contributed by atoms with Crippen molar-refractivity contribution in [1.29, 1.82) is 0 Å². The first-order valence-electron chi connectivity index (χ1n) is 13.1. The number of hydrogen-bond donors (Lipinski definition) is 0. The molecular formula is C29H43F. The quantitative estimate of drug-likeness (QED) is 0.394. The molecule has 4 rings (SSSR count).